The molecule has 1 aliphatic carbocycles. The summed E-state index contributed by atoms with van der Waals surface area (Å²) in [5, 5.41) is 2.93. The van der Waals surface area contributed by atoms with Crippen molar-refractivity contribution in [2.75, 3.05) is 36.5 Å². The van der Waals surface area contributed by atoms with Crippen LogP contribution in [-0.4, -0.2) is 37.2 Å². The topological polar surface area (TPSA) is 54.5 Å². The van der Waals surface area contributed by atoms with Crippen molar-refractivity contribution in [2.45, 2.75) is 12.3 Å². The first-order valence-corrected chi connectivity index (χ1v) is 8.56. The van der Waals surface area contributed by atoms with Crippen LogP contribution in [0.4, 0.5) is 15.9 Å². The number of ether oxygens (including phenoxy) is 1. The lowest BCUT2D eigenvalue weighted by atomic mass is 10.1. The molecule has 130 valence electrons. The maximum atomic E-state index is 13.0. The molecule has 2 atom stereocenters. The van der Waals surface area contributed by atoms with Crippen LogP contribution in [0.1, 0.15) is 17.9 Å². The van der Waals surface area contributed by atoms with Gasteiger partial charge in [0.15, 0.2) is 0 Å². The Kier molecular flexibility index (Phi) is 4.36. The summed E-state index contributed by atoms with van der Waals surface area (Å²) in [5.74, 6) is 0.773. The number of carbonyl (C=O) groups is 1. The predicted molar refractivity (Wildman–Crippen MR) is 93.1 cm³/mol. The molecular formula is C19H20FN3O2. The van der Waals surface area contributed by atoms with Gasteiger partial charge in [-0.1, -0.05) is 12.1 Å². The molecule has 0 bridgehead atoms. The summed E-state index contributed by atoms with van der Waals surface area (Å²) >= 11 is 0. The van der Waals surface area contributed by atoms with E-state index in [9.17, 15) is 9.18 Å². The van der Waals surface area contributed by atoms with Gasteiger partial charge in [-0.15, -0.1) is 0 Å². The second kappa shape index (κ2) is 6.80. The smallest absolute Gasteiger partial charge is 0.228 e. The molecule has 5 nitrogen and oxygen atoms in total. The minimum absolute atomic E-state index is 0.00440. The highest BCUT2D eigenvalue weighted by atomic mass is 19.1. The lowest BCUT2D eigenvalue weighted by molar-refractivity contribution is -0.117. The number of carbonyl (C=O) groups excluding carboxylic acids is 1. The Hall–Kier alpha value is -2.47. The van der Waals surface area contributed by atoms with E-state index in [2.05, 4.69) is 15.2 Å². The zero-order valence-corrected chi connectivity index (χ0v) is 13.8. The number of halogens is 1. The number of hydrogen-bond donors (Lipinski definition) is 1. The third kappa shape index (κ3) is 3.64. The Balaban J connectivity index is 1.34. The van der Waals surface area contributed by atoms with Crippen LogP contribution in [-0.2, 0) is 9.53 Å². The molecule has 2 fully saturated rings. The van der Waals surface area contributed by atoms with E-state index in [0.29, 0.717) is 18.9 Å². The molecule has 1 amide bonds. The highest BCUT2D eigenvalue weighted by Gasteiger charge is 2.43. The Morgan fingerprint density at radius 2 is 1.92 bits per heavy atom. The van der Waals surface area contributed by atoms with E-state index < -0.39 is 0 Å². The molecule has 2 aromatic rings. The van der Waals surface area contributed by atoms with Crippen molar-refractivity contribution in [2.24, 2.45) is 5.92 Å². The summed E-state index contributed by atoms with van der Waals surface area (Å²) < 4.78 is 18.3. The van der Waals surface area contributed by atoms with Crippen molar-refractivity contribution in [1.82, 2.24) is 4.98 Å². The number of nitrogens with one attached hydrogen (secondary N) is 1. The average molecular weight is 341 g/mol. The number of hydrogen-bond acceptors (Lipinski definition) is 4. The van der Waals surface area contributed by atoms with Crippen molar-refractivity contribution in [1.29, 1.82) is 0 Å². The molecule has 2 aliphatic rings. The maximum Gasteiger partial charge on any atom is 0.228 e. The molecular weight excluding hydrogens is 321 g/mol. The van der Waals surface area contributed by atoms with Crippen molar-refractivity contribution in [3.8, 4) is 0 Å². The Morgan fingerprint density at radius 3 is 2.60 bits per heavy atom. The van der Waals surface area contributed by atoms with Gasteiger partial charge in [0, 0.05) is 19.0 Å². The van der Waals surface area contributed by atoms with Crippen molar-refractivity contribution in [3.05, 3.63) is 54.0 Å². The number of aromatic nitrogens is 1. The molecule has 25 heavy (non-hydrogen) atoms. The van der Waals surface area contributed by atoms with E-state index in [4.69, 9.17) is 4.74 Å². The van der Waals surface area contributed by atoms with E-state index in [1.165, 1.54) is 12.1 Å². The van der Waals surface area contributed by atoms with Crippen LogP contribution in [0, 0.1) is 11.7 Å². The Labute approximate surface area is 145 Å². The van der Waals surface area contributed by atoms with Crippen LogP contribution in [0.15, 0.2) is 42.6 Å². The summed E-state index contributed by atoms with van der Waals surface area (Å²) in [6, 6.07) is 10.2. The van der Waals surface area contributed by atoms with Crippen molar-refractivity contribution < 1.29 is 13.9 Å². The Morgan fingerprint density at radius 1 is 1.16 bits per heavy atom. The van der Waals surface area contributed by atoms with Crippen molar-refractivity contribution >= 4 is 17.4 Å². The number of nitrogens with zero attached hydrogens (tertiary/aromatic N) is 2. The molecule has 2 heterocycles. The lowest BCUT2D eigenvalue weighted by Gasteiger charge is -2.27. The van der Waals surface area contributed by atoms with Crippen LogP contribution in [0.3, 0.4) is 0 Å². The molecule has 1 N–H and O–H groups in total. The number of rotatable bonds is 4. The van der Waals surface area contributed by atoms with Crippen LogP contribution in [0.5, 0.6) is 0 Å². The van der Waals surface area contributed by atoms with Crippen LogP contribution in [0.2, 0.25) is 0 Å². The summed E-state index contributed by atoms with van der Waals surface area (Å²) in [5.41, 5.74) is 1.72. The van der Waals surface area contributed by atoms with Gasteiger partial charge in [0.25, 0.3) is 0 Å². The maximum absolute atomic E-state index is 13.0. The number of anilines is 2. The van der Waals surface area contributed by atoms with Crippen LogP contribution in [0.25, 0.3) is 0 Å². The number of pyridine rings is 1. The first-order chi connectivity index (χ1) is 12.2. The molecule has 1 saturated heterocycles. The molecule has 0 unspecified atom stereocenters. The highest BCUT2D eigenvalue weighted by molar-refractivity contribution is 5.95. The minimum atomic E-state index is -0.253. The quantitative estimate of drug-likeness (QED) is 0.929. The van der Waals surface area contributed by atoms with Gasteiger partial charge in [0.05, 0.1) is 25.1 Å². The first-order valence-electron chi connectivity index (χ1n) is 8.56. The van der Waals surface area contributed by atoms with E-state index in [-0.39, 0.29) is 23.6 Å². The van der Waals surface area contributed by atoms with Gasteiger partial charge in [-0.3, -0.25) is 4.79 Å². The van der Waals surface area contributed by atoms with E-state index in [1.807, 2.05) is 12.1 Å². The van der Waals surface area contributed by atoms with Gasteiger partial charge >= 0.3 is 0 Å². The van der Waals surface area contributed by atoms with Gasteiger partial charge in [0.1, 0.15) is 11.6 Å². The number of amides is 1. The van der Waals surface area contributed by atoms with E-state index in [1.54, 1.807) is 18.3 Å². The van der Waals surface area contributed by atoms with Gasteiger partial charge in [-0.05, 0) is 42.2 Å². The molecule has 1 aromatic heterocycles. The molecule has 6 heteroatoms. The fourth-order valence-corrected chi connectivity index (χ4v) is 3.24. The standard InChI is InChI=1S/C19H20FN3O2/c20-14-3-1-13(2-4-14)16-11-17(16)19(24)22-15-5-6-18(21-12-15)23-7-9-25-10-8-23/h1-6,12,16-17H,7-11H2,(H,22,24)/t16-,17-/m0/s1. The SMILES string of the molecule is O=C(Nc1ccc(N2CCOCC2)nc1)[C@H]1C[C@H]1c1ccc(F)cc1. The monoisotopic (exact) mass is 341 g/mol. The van der Waals surface area contributed by atoms with E-state index in [0.717, 1.165) is 30.9 Å². The predicted octanol–water partition coefficient (Wildman–Crippen LogP) is 2.80. The highest BCUT2D eigenvalue weighted by Crippen LogP contribution is 2.47. The second-order valence-corrected chi connectivity index (χ2v) is 6.49. The van der Waals surface area contributed by atoms with Gasteiger partial charge in [-0.2, -0.15) is 0 Å². The summed E-state index contributed by atoms with van der Waals surface area (Å²) in [4.78, 5) is 19.0. The zero-order valence-electron chi connectivity index (χ0n) is 13.8. The van der Waals surface area contributed by atoms with Crippen molar-refractivity contribution in [3.63, 3.8) is 0 Å². The number of benzene rings is 1. The molecule has 0 radical (unpaired) electrons. The molecule has 4 rings (SSSR count). The van der Waals surface area contributed by atoms with Crippen LogP contribution >= 0.6 is 0 Å². The van der Waals surface area contributed by atoms with Gasteiger partial charge in [-0.25, -0.2) is 9.37 Å². The average Bonchev–Trinajstić information content (AvgIpc) is 3.45. The minimum Gasteiger partial charge on any atom is -0.378 e. The van der Waals surface area contributed by atoms with Gasteiger partial charge in [0.2, 0.25) is 5.91 Å². The normalized spacial score (nSPS) is 22.5. The number of morpholine rings is 1. The lowest BCUT2D eigenvalue weighted by Crippen LogP contribution is -2.36. The zero-order chi connectivity index (χ0) is 17.2. The molecule has 1 saturated carbocycles. The third-order valence-corrected chi connectivity index (χ3v) is 4.78. The fourth-order valence-electron chi connectivity index (χ4n) is 3.24. The second-order valence-electron chi connectivity index (χ2n) is 6.49. The fraction of sp³-hybridized carbons (Fsp3) is 0.368. The summed E-state index contributed by atoms with van der Waals surface area (Å²) in [6.45, 7) is 3.10. The molecule has 1 aliphatic heterocycles. The summed E-state index contributed by atoms with van der Waals surface area (Å²) in [7, 11) is 0. The summed E-state index contributed by atoms with van der Waals surface area (Å²) in [6.07, 6.45) is 2.49. The third-order valence-electron chi connectivity index (χ3n) is 4.78. The van der Waals surface area contributed by atoms with E-state index >= 15 is 0 Å². The Bertz CT molecular complexity index is 742. The largest absolute Gasteiger partial charge is 0.378 e. The van der Waals surface area contributed by atoms with Gasteiger partial charge < -0.3 is 15.0 Å². The molecule has 0 spiro atoms. The molecule has 1 aromatic carbocycles. The van der Waals surface area contributed by atoms with Crippen LogP contribution < -0.4 is 10.2 Å². The first kappa shape index (κ1) is 16.0.